The van der Waals surface area contributed by atoms with Gasteiger partial charge in [-0.1, -0.05) is 23.9 Å². The Morgan fingerprint density at radius 2 is 2.17 bits per heavy atom. The molecule has 0 saturated heterocycles. The maximum absolute atomic E-state index is 8.98. The molecule has 0 unspecified atom stereocenters. The fourth-order valence-corrected chi connectivity index (χ4v) is 3.16. The lowest BCUT2D eigenvalue weighted by atomic mass is 10.2. The second-order valence-corrected chi connectivity index (χ2v) is 6.19. The van der Waals surface area contributed by atoms with E-state index in [0.717, 1.165) is 33.8 Å². The van der Waals surface area contributed by atoms with Gasteiger partial charge >= 0.3 is 0 Å². The van der Waals surface area contributed by atoms with Gasteiger partial charge < -0.3 is 14.3 Å². The zero-order valence-electron chi connectivity index (χ0n) is 13.4. The molecule has 1 aromatic carbocycles. The molecule has 0 atom stereocenters. The summed E-state index contributed by atoms with van der Waals surface area (Å²) >= 11 is 1.58. The third-order valence-corrected chi connectivity index (χ3v) is 4.53. The molecule has 6 nitrogen and oxygen atoms in total. The number of aromatic nitrogens is 3. The first-order valence-electron chi connectivity index (χ1n) is 7.65. The monoisotopic (exact) mass is 345 g/mol. The molecular formula is C17H19N3O3S. The Balaban J connectivity index is 1.94. The number of methoxy groups -OCH3 is 1. The van der Waals surface area contributed by atoms with Gasteiger partial charge in [0.25, 0.3) is 0 Å². The highest BCUT2D eigenvalue weighted by Gasteiger charge is 2.16. The maximum Gasteiger partial charge on any atom is 0.191 e. The molecule has 0 radical (unpaired) electrons. The lowest BCUT2D eigenvalue weighted by Gasteiger charge is -2.09. The standard InChI is InChI=1S/C17H19N3O3S/c1-22-14-6-2-5-13(11-14)16-18-19-17(24-10-4-8-21)20(16)12-15-7-3-9-23-15/h2-3,5-7,9,11,21H,4,8,10,12H2,1H3. The van der Waals surface area contributed by atoms with E-state index in [0.29, 0.717) is 13.0 Å². The van der Waals surface area contributed by atoms with Crippen LogP contribution in [0.15, 0.2) is 52.2 Å². The molecule has 1 N–H and O–H groups in total. The average molecular weight is 345 g/mol. The number of benzene rings is 1. The summed E-state index contributed by atoms with van der Waals surface area (Å²) < 4.78 is 12.8. The fraction of sp³-hybridized carbons (Fsp3) is 0.294. The average Bonchev–Trinajstić information content (AvgIpc) is 3.26. The zero-order chi connectivity index (χ0) is 16.8. The number of thioether (sulfide) groups is 1. The van der Waals surface area contributed by atoms with Crippen molar-refractivity contribution in [1.29, 1.82) is 0 Å². The van der Waals surface area contributed by atoms with E-state index in [2.05, 4.69) is 10.2 Å². The molecule has 3 aromatic rings. The van der Waals surface area contributed by atoms with Crippen LogP contribution in [0, 0.1) is 0 Å². The summed E-state index contributed by atoms with van der Waals surface area (Å²) in [6.07, 6.45) is 2.37. The lowest BCUT2D eigenvalue weighted by Crippen LogP contribution is -2.04. The van der Waals surface area contributed by atoms with Crippen molar-refractivity contribution in [2.24, 2.45) is 0 Å². The normalized spacial score (nSPS) is 10.9. The second kappa shape index (κ2) is 8.03. The van der Waals surface area contributed by atoms with Crippen molar-refractivity contribution in [2.45, 2.75) is 18.1 Å². The first kappa shape index (κ1) is 16.6. The lowest BCUT2D eigenvalue weighted by molar-refractivity contribution is 0.296. The molecule has 0 spiro atoms. The molecular weight excluding hydrogens is 326 g/mol. The number of aliphatic hydroxyl groups is 1. The van der Waals surface area contributed by atoms with E-state index in [1.807, 2.05) is 41.0 Å². The number of ether oxygens (including phenoxy) is 1. The van der Waals surface area contributed by atoms with Gasteiger partial charge in [0.05, 0.1) is 19.9 Å². The van der Waals surface area contributed by atoms with Crippen LogP contribution in [0.4, 0.5) is 0 Å². The third-order valence-electron chi connectivity index (χ3n) is 3.47. The van der Waals surface area contributed by atoms with E-state index in [4.69, 9.17) is 14.3 Å². The van der Waals surface area contributed by atoms with Gasteiger partial charge in [0.1, 0.15) is 11.5 Å². The van der Waals surface area contributed by atoms with Gasteiger partial charge in [-0.2, -0.15) is 0 Å². The molecule has 0 aliphatic rings. The van der Waals surface area contributed by atoms with Crippen LogP contribution in [-0.2, 0) is 6.54 Å². The van der Waals surface area contributed by atoms with Gasteiger partial charge in [-0.05, 0) is 30.7 Å². The van der Waals surface area contributed by atoms with E-state index >= 15 is 0 Å². The molecule has 0 aliphatic carbocycles. The summed E-state index contributed by atoms with van der Waals surface area (Å²) in [6, 6.07) is 11.5. The molecule has 24 heavy (non-hydrogen) atoms. The number of aliphatic hydroxyl groups excluding tert-OH is 1. The van der Waals surface area contributed by atoms with Crippen molar-refractivity contribution in [3.8, 4) is 17.1 Å². The molecule has 126 valence electrons. The van der Waals surface area contributed by atoms with Crippen LogP contribution in [0.25, 0.3) is 11.4 Å². The van der Waals surface area contributed by atoms with Crippen molar-refractivity contribution in [1.82, 2.24) is 14.8 Å². The van der Waals surface area contributed by atoms with Crippen LogP contribution in [0.5, 0.6) is 5.75 Å². The van der Waals surface area contributed by atoms with Gasteiger partial charge in [-0.15, -0.1) is 10.2 Å². The maximum atomic E-state index is 8.98. The molecule has 7 heteroatoms. The first-order chi connectivity index (χ1) is 11.8. The van der Waals surface area contributed by atoms with Gasteiger partial charge in [0.2, 0.25) is 0 Å². The highest BCUT2D eigenvalue weighted by atomic mass is 32.2. The summed E-state index contributed by atoms with van der Waals surface area (Å²) in [7, 11) is 1.64. The number of hydrogen-bond donors (Lipinski definition) is 1. The summed E-state index contributed by atoms with van der Waals surface area (Å²) in [5.41, 5.74) is 0.933. The van der Waals surface area contributed by atoms with Crippen LogP contribution in [-0.4, -0.2) is 39.3 Å². The molecule has 2 aromatic heterocycles. The van der Waals surface area contributed by atoms with Crippen LogP contribution in [0.1, 0.15) is 12.2 Å². The van der Waals surface area contributed by atoms with Crippen LogP contribution < -0.4 is 4.74 Å². The minimum absolute atomic E-state index is 0.169. The zero-order valence-corrected chi connectivity index (χ0v) is 14.2. The van der Waals surface area contributed by atoms with Crippen molar-refractivity contribution >= 4 is 11.8 Å². The van der Waals surface area contributed by atoms with Crippen LogP contribution in [0.2, 0.25) is 0 Å². The van der Waals surface area contributed by atoms with E-state index in [9.17, 15) is 0 Å². The minimum Gasteiger partial charge on any atom is -0.497 e. The Morgan fingerprint density at radius 3 is 2.92 bits per heavy atom. The van der Waals surface area contributed by atoms with Crippen molar-refractivity contribution < 1.29 is 14.3 Å². The van der Waals surface area contributed by atoms with E-state index in [1.54, 1.807) is 25.1 Å². The van der Waals surface area contributed by atoms with Crippen molar-refractivity contribution in [3.05, 3.63) is 48.4 Å². The Morgan fingerprint density at radius 1 is 1.25 bits per heavy atom. The highest BCUT2D eigenvalue weighted by molar-refractivity contribution is 7.99. The largest absolute Gasteiger partial charge is 0.497 e. The summed E-state index contributed by atoms with van der Waals surface area (Å²) in [4.78, 5) is 0. The number of furan rings is 1. The Kier molecular flexibility index (Phi) is 5.55. The van der Waals surface area contributed by atoms with Crippen LogP contribution >= 0.6 is 11.8 Å². The highest BCUT2D eigenvalue weighted by Crippen LogP contribution is 2.27. The van der Waals surface area contributed by atoms with Crippen molar-refractivity contribution in [3.63, 3.8) is 0 Å². The number of rotatable bonds is 8. The summed E-state index contributed by atoms with van der Waals surface area (Å²) in [5.74, 6) is 3.15. The molecule has 0 saturated carbocycles. The molecule has 0 aliphatic heterocycles. The molecule has 3 rings (SSSR count). The predicted octanol–water partition coefficient (Wildman–Crippen LogP) is 3.07. The smallest absolute Gasteiger partial charge is 0.191 e. The van der Waals surface area contributed by atoms with Gasteiger partial charge in [-0.25, -0.2) is 0 Å². The predicted molar refractivity (Wildman–Crippen MR) is 92.2 cm³/mol. The molecule has 2 heterocycles. The summed E-state index contributed by atoms with van der Waals surface area (Å²) in [6.45, 7) is 0.718. The van der Waals surface area contributed by atoms with Gasteiger partial charge in [0.15, 0.2) is 11.0 Å². The van der Waals surface area contributed by atoms with Crippen molar-refractivity contribution in [2.75, 3.05) is 19.5 Å². The fourth-order valence-electron chi connectivity index (χ4n) is 2.30. The van der Waals surface area contributed by atoms with E-state index in [1.165, 1.54) is 0 Å². The van der Waals surface area contributed by atoms with Gasteiger partial charge in [0, 0.05) is 17.9 Å². The van der Waals surface area contributed by atoms with Crippen LogP contribution in [0.3, 0.4) is 0 Å². The van der Waals surface area contributed by atoms with E-state index in [-0.39, 0.29) is 6.61 Å². The quantitative estimate of drug-likeness (QED) is 0.500. The Hall–Kier alpha value is -2.25. The molecule has 0 fully saturated rings. The third kappa shape index (κ3) is 3.80. The van der Waals surface area contributed by atoms with Gasteiger partial charge in [-0.3, -0.25) is 4.57 Å². The first-order valence-corrected chi connectivity index (χ1v) is 8.64. The number of hydrogen-bond acceptors (Lipinski definition) is 6. The Bertz CT molecular complexity index is 771. The summed E-state index contributed by atoms with van der Waals surface area (Å²) in [5, 5.41) is 18.4. The Labute approximate surface area is 144 Å². The minimum atomic E-state index is 0.169. The van der Waals surface area contributed by atoms with E-state index < -0.39 is 0 Å². The molecule has 0 amide bonds. The molecule has 0 bridgehead atoms. The number of nitrogens with zero attached hydrogens (tertiary/aromatic N) is 3. The second-order valence-electron chi connectivity index (χ2n) is 5.13. The SMILES string of the molecule is COc1cccc(-c2nnc(SCCCO)n2Cc2ccco2)c1. The topological polar surface area (TPSA) is 73.3 Å².